The Bertz CT molecular complexity index is 688. The highest BCUT2D eigenvalue weighted by Crippen LogP contribution is 2.30. The van der Waals surface area contributed by atoms with Crippen LogP contribution in [0.3, 0.4) is 0 Å². The molecule has 0 aliphatic heterocycles. The SMILES string of the molecule is CN(c1ccc(C#N)cc1)c1cc(N)nc(C(F)(F)F)n1. The van der Waals surface area contributed by atoms with E-state index in [0.717, 1.165) is 0 Å². The summed E-state index contributed by atoms with van der Waals surface area (Å²) in [6.45, 7) is 0. The number of nitrogens with two attached hydrogens (primary N) is 1. The summed E-state index contributed by atoms with van der Waals surface area (Å²) in [6.07, 6.45) is -4.67. The fourth-order valence-corrected chi connectivity index (χ4v) is 1.64. The van der Waals surface area contributed by atoms with Gasteiger partial charge in [-0.2, -0.15) is 18.4 Å². The third-order valence-electron chi connectivity index (χ3n) is 2.71. The molecule has 1 aromatic carbocycles. The quantitative estimate of drug-likeness (QED) is 0.921. The van der Waals surface area contributed by atoms with E-state index in [0.29, 0.717) is 11.3 Å². The lowest BCUT2D eigenvalue weighted by atomic mass is 10.2. The van der Waals surface area contributed by atoms with Crippen LogP contribution in [-0.2, 0) is 6.18 Å². The molecule has 0 saturated carbocycles. The van der Waals surface area contributed by atoms with Gasteiger partial charge in [-0.15, -0.1) is 0 Å². The van der Waals surface area contributed by atoms with E-state index in [1.54, 1.807) is 31.3 Å². The summed E-state index contributed by atoms with van der Waals surface area (Å²) in [7, 11) is 1.54. The highest BCUT2D eigenvalue weighted by atomic mass is 19.4. The minimum atomic E-state index is -4.67. The average molecular weight is 293 g/mol. The van der Waals surface area contributed by atoms with Crippen LogP contribution in [0.5, 0.6) is 0 Å². The van der Waals surface area contributed by atoms with Crippen molar-refractivity contribution in [3.8, 4) is 6.07 Å². The maximum atomic E-state index is 12.7. The van der Waals surface area contributed by atoms with Crippen molar-refractivity contribution in [1.29, 1.82) is 5.26 Å². The first-order valence-electron chi connectivity index (χ1n) is 5.77. The maximum absolute atomic E-state index is 12.7. The van der Waals surface area contributed by atoms with Crippen molar-refractivity contribution in [2.24, 2.45) is 0 Å². The Morgan fingerprint density at radius 2 is 1.81 bits per heavy atom. The number of nitrogens with zero attached hydrogens (tertiary/aromatic N) is 4. The van der Waals surface area contributed by atoms with Crippen LogP contribution in [0.4, 0.5) is 30.5 Å². The molecule has 0 aliphatic rings. The van der Waals surface area contributed by atoms with Gasteiger partial charge in [0.15, 0.2) is 0 Å². The molecule has 0 fully saturated rings. The number of hydrogen-bond donors (Lipinski definition) is 1. The Labute approximate surface area is 118 Å². The molecule has 0 unspecified atom stereocenters. The van der Waals surface area contributed by atoms with E-state index in [1.165, 1.54) is 11.0 Å². The Morgan fingerprint density at radius 3 is 2.33 bits per heavy atom. The first-order chi connectivity index (χ1) is 9.81. The molecule has 1 aromatic heterocycles. The normalized spacial score (nSPS) is 11.0. The van der Waals surface area contributed by atoms with E-state index in [9.17, 15) is 13.2 Å². The number of benzene rings is 1. The molecule has 0 bridgehead atoms. The number of alkyl halides is 3. The van der Waals surface area contributed by atoms with Crippen molar-refractivity contribution in [3.63, 3.8) is 0 Å². The maximum Gasteiger partial charge on any atom is 0.451 e. The van der Waals surface area contributed by atoms with Crippen LogP contribution in [0.2, 0.25) is 0 Å². The highest BCUT2D eigenvalue weighted by molar-refractivity contribution is 5.62. The van der Waals surface area contributed by atoms with Gasteiger partial charge in [0, 0.05) is 18.8 Å². The van der Waals surface area contributed by atoms with Crippen molar-refractivity contribution < 1.29 is 13.2 Å². The second kappa shape index (κ2) is 5.28. The monoisotopic (exact) mass is 293 g/mol. The zero-order valence-corrected chi connectivity index (χ0v) is 10.9. The standard InChI is InChI=1S/C13H10F3N5/c1-21(9-4-2-8(7-17)3-5-9)11-6-10(18)19-12(20-11)13(14,15)16/h2-6H,1H3,(H2,18,19,20). The van der Waals surface area contributed by atoms with E-state index in [-0.39, 0.29) is 11.6 Å². The lowest BCUT2D eigenvalue weighted by Crippen LogP contribution is -2.18. The van der Waals surface area contributed by atoms with Crippen molar-refractivity contribution in [3.05, 3.63) is 41.7 Å². The largest absolute Gasteiger partial charge is 0.451 e. The zero-order chi connectivity index (χ0) is 15.6. The topological polar surface area (TPSA) is 78.8 Å². The molecule has 2 aromatic rings. The molecule has 0 aliphatic carbocycles. The van der Waals surface area contributed by atoms with E-state index >= 15 is 0 Å². The number of aromatic nitrogens is 2. The number of hydrogen-bond acceptors (Lipinski definition) is 5. The van der Waals surface area contributed by atoms with Gasteiger partial charge in [-0.3, -0.25) is 0 Å². The highest BCUT2D eigenvalue weighted by Gasteiger charge is 2.35. The molecular weight excluding hydrogens is 283 g/mol. The third-order valence-corrected chi connectivity index (χ3v) is 2.71. The van der Waals surface area contributed by atoms with Crippen LogP contribution in [0.25, 0.3) is 0 Å². The van der Waals surface area contributed by atoms with Gasteiger partial charge in [0.05, 0.1) is 11.6 Å². The van der Waals surface area contributed by atoms with Gasteiger partial charge in [0.1, 0.15) is 11.6 Å². The second-order valence-electron chi connectivity index (χ2n) is 4.19. The van der Waals surface area contributed by atoms with Crippen molar-refractivity contribution in [2.75, 3.05) is 17.7 Å². The summed E-state index contributed by atoms with van der Waals surface area (Å²) >= 11 is 0. The summed E-state index contributed by atoms with van der Waals surface area (Å²) in [5.41, 5.74) is 6.42. The van der Waals surface area contributed by atoms with Gasteiger partial charge in [-0.1, -0.05) is 0 Å². The fourth-order valence-electron chi connectivity index (χ4n) is 1.64. The van der Waals surface area contributed by atoms with E-state index < -0.39 is 12.0 Å². The number of halogens is 3. The lowest BCUT2D eigenvalue weighted by Gasteiger charge is -2.19. The Hall–Kier alpha value is -2.82. The Balaban J connectivity index is 2.40. The van der Waals surface area contributed by atoms with Gasteiger partial charge in [-0.25, -0.2) is 9.97 Å². The molecule has 2 rings (SSSR count). The molecule has 2 N–H and O–H groups in total. The van der Waals surface area contributed by atoms with Crippen LogP contribution in [0, 0.1) is 11.3 Å². The molecule has 0 amide bonds. The summed E-state index contributed by atoms with van der Waals surface area (Å²) in [6, 6.07) is 9.52. The summed E-state index contributed by atoms with van der Waals surface area (Å²) in [5, 5.41) is 8.72. The van der Waals surface area contributed by atoms with Crippen LogP contribution >= 0.6 is 0 Å². The second-order valence-corrected chi connectivity index (χ2v) is 4.19. The molecule has 5 nitrogen and oxygen atoms in total. The fraction of sp³-hybridized carbons (Fsp3) is 0.154. The molecule has 0 radical (unpaired) electrons. The van der Waals surface area contributed by atoms with E-state index in [1.807, 2.05) is 6.07 Å². The molecule has 0 spiro atoms. The molecular formula is C13H10F3N5. The number of anilines is 3. The predicted octanol–water partition coefficient (Wildman–Crippen LogP) is 2.72. The zero-order valence-electron chi connectivity index (χ0n) is 10.9. The first kappa shape index (κ1) is 14.6. The summed E-state index contributed by atoms with van der Waals surface area (Å²) in [5.74, 6) is -1.55. The molecule has 1 heterocycles. The smallest absolute Gasteiger partial charge is 0.384 e. The summed E-state index contributed by atoms with van der Waals surface area (Å²) < 4.78 is 38.0. The predicted molar refractivity (Wildman–Crippen MR) is 70.7 cm³/mol. The number of rotatable bonds is 2. The van der Waals surface area contributed by atoms with Crippen molar-refractivity contribution in [2.45, 2.75) is 6.18 Å². The van der Waals surface area contributed by atoms with Gasteiger partial charge < -0.3 is 10.6 Å². The Kier molecular flexibility index (Phi) is 3.67. The minimum absolute atomic E-state index is 0.0135. The van der Waals surface area contributed by atoms with Gasteiger partial charge in [-0.05, 0) is 24.3 Å². The van der Waals surface area contributed by atoms with Crippen LogP contribution < -0.4 is 10.6 Å². The van der Waals surface area contributed by atoms with Gasteiger partial charge >= 0.3 is 6.18 Å². The third kappa shape index (κ3) is 3.20. The molecule has 0 saturated heterocycles. The average Bonchev–Trinajstić information content (AvgIpc) is 2.45. The van der Waals surface area contributed by atoms with Crippen LogP contribution in [0.1, 0.15) is 11.4 Å². The minimum Gasteiger partial charge on any atom is -0.384 e. The van der Waals surface area contributed by atoms with Crippen LogP contribution in [0.15, 0.2) is 30.3 Å². The van der Waals surface area contributed by atoms with Crippen molar-refractivity contribution >= 4 is 17.3 Å². The number of nitriles is 1. The number of nitrogen functional groups attached to an aromatic ring is 1. The molecule has 8 heteroatoms. The van der Waals surface area contributed by atoms with Gasteiger partial charge in [0.25, 0.3) is 0 Å². The van der Waals surface area contributed by atoms with Crippen molar-refractivity contribution in [1.82, 2.24) is 9.97 Å². The van der Waals surface area contributed by atoms with E-state index in [4.69, 9.17) is 11.0 Å². The van der Waals surface area contributed by atoms with E-state index in [2.05, 4.69) is 9.97 Å². The first-order valence-corrected chi connectivity index (χ1v) is 5.77. The molecule has 108 valence electrons. The Morgan fingerprint density at radius 1 is 1.19 bits per heavy atom. The van der Waals surface area contributed by atoms with Crippen LogP contribution in [-0.4, -0.2) is 17.0 Å². The molecule has 21 heavy (non-hydrogen) atoms. The molecule has 0 atom stereocenters. The summed E-state index contributed by atoms with van der Waals surface area (Å²) in [4.78, 5) is 8.07. The lowest BCUT2D eigenvalue weighted by molar-refractivity contribution is -0.144. The van der Waals surface area contributed by atoms with Gasteiger partial charge in [0.2, 0.25) is 5.82 Å².